The first-order chi connectivity index (χ1) is 11.3. The lowest BCUT2D eigenvalue weighted by atomic mass is 10.0. The fourth-order valence-corrected chi connectivity index (χ4v) is 3.42. The number of hydrogen-bond donors (Lipinski definition) is 1. The molecular weight excluding hydrogens is 290 g/mol. The normalized spacial score (nSPS) is 21.2. The largest absolute Gasteiger partial charge is 0.379 e. The second-order valence-corrected chi connectivity index (χ2v) is 6.30. The van der Waals surface area contributed by atoms with E-state index in [1.165, 1.54) is 12.8 Å². The van der Waals surface area contributed by atoms with Crippen LogP contribution in [-0.4, -0.2) is 68.2 Å². The molecule has 0 spiro atoms. The Labute approximate surface area is 138 Å². The number of hydrogen-bond acceptors (Lipinski definition) is 4. The van der Waals surface area contributed by atoms with Crippen molar-refractivity contribution in [2.45, 2.75) is 18.9 Å². The molecule has 2 heterocycles. The fourth-order valence-electron chi connectivity index (χ4n) is 3.42. The van der Waals surface area contributed by atoms with E-state index in [0.29, 0.717) is 6.54 Å². The number of ether oxygens (including phenoxy) is 1. The van der Waals surface area contributed by atoms with Gasteiger partial charge < -0.3 is 10.1 Å². The Morgan fingerprint density at radius 2 is 1.78 bits per heavy atom. The van der Waals surface area contributed by atoms with Crippen LogP contribution in [-0.2, 0) is 9.53 Å². The molecule has 1 aromatic carbocycles. The number of morpholine rings is 1. The Balaban J connectivity index is 1.56. The fraction of sp³-hybridized carbons (Fsp3) is 0.611. The van der Waals surface area contributed by atoms with Gasteiger partial charge in [-0.3, -0.25) is 14.6 Å². The van der Waals surface area contributed by atoms with E-state index in [0.717, 1.165) is 51.5 Å². The van der Waals surface area contributed by atoms with E-state index < -0.39 is 0 Å². The van der Waals surface area contributed by atoms with Gasteiger partial charge in [0, 0.05) is 26.2 Å². The molecule has 23 heavy (non-hydrogen) atoms. The molecule has 0 bridgehead atoms. The Kier molecular flexibility index (Phi) is 6.02. The molecule has 0 radical (unpaired) electrons. The first-order valence-electron chi connectivity index (χ1n) is 8.71. The summed E-state index contributed by atoms with van der Waals surface area (Å²) in [6.45, 7) is 7.15. The molecule has 2 saturated heterocycles. The molecule has 1 amide bonds. The molecular formula is C18H27N3O2. The molecule has 0 saturated carbocycles. The van der Waals surface area contributed by atoms with E-state index in [9.17, 15) is 4.79 Å². The maximum Gasteiger partial charge on any atom is 0.242 e. The summed E-state index contributed by atoms with van der Waals surface area (Å²) >= 11 is 0. The van der Waals surface area contributed by atoms with Gasteiger partial charge in [-0.15, -0.1) is 0 Å². The Bertz CT molecular complexity index is 482. The molecule has 2 aliphatic heterocycles. The van der Waals surface area contributed by atoms with E-state index in [2.05, 4.69) is 27.2 Å². The van der Waals surface area contributed by atoms with Gasteiger partial charge in [0.25, 0.3) is 0 Å². The summed E-state index contributed by atoms with van der Waals surface area (Å²) in [6.07, 6.45) is 2.37. The molecule has 1 N–H and O–H groups in total. The third-order valence-corrected chi connectivity index (χ3v) is 4.70. The summed E-state index contributed by atoms with van der Waals surface area (Å²) in [7, 11) is 0. The summed E-state index contributed by atoms with van der Waals surface area (Å²) in [4.78, 5) is 17.4. The van der Waals surface area contributed by atoms with Gasteiger partial charge in [-0.2, -0.15) is 0 Å². The topological polar surface area (TPSA) is 44.8 Å². The first-order valence-corrected chi connectivity index (χ1v) is 8.71. The molecule has 2 fully saturated rings. The highest BCUT2D eigenvalue weighted by molar-refractivity contribution is 5.83. The Morgan fingerprint density at radius 1 is 1.09 bits per heavy atom. The van der Waals surface area contributed by atoms with Gasteiger partial charge in [-0.05, 0) is 31.5 Å². The highest BCUT2D eigenvalue weighted by Crippen LogP contribution is 2.25. The average molecular weight is 317 g/mol. The van der Waals surface area contributed by atoms with Crippen molar-refractivity contribution in [3.8, 4) is 0 Å². The minimum Gasteiger partial charge on any atom is -0.379 e. The van der Waals surface area contributed by atoms with Crippen molar-refractivity contribution < 1.29 is 9.53 Å². The van der Waals surface area contributed by atoms with E-state index in [4.69, 9.17) is 4.74 Å². The summed E-state index contributed by atoms with van der Waals surface area (Å²) in [5, 5.41) is 3.14. The number of nitrogens with zero attached hydrogens (tertiary/aromatic N) is 2. The number of rotatable bonds is 6. The predicted molar refractivity (Wildman–Crippen MR) is 90.3 cm³/mol. The molecule has 5 heteroatoms. The number of amides is 1. The van der Waals surface area contributed by atoms with Crippen LogP contribution < -0.4 is 5.32 Å². The summed E-state index contributed by atoms with van der Waals surface area (Å²) in [6, 6.07) is 10.00. The molecule has 2 aliphatic rings. The van der Waals surface area contributed by atoms with Crippen molar-refractivity contribution in [3.63, 3.8) is 0 Å². The van der Waals surface area contributed by atoms with Crippen molar-refractivity contribution in [3.05, 3.63) is 35.9 Å². The van der Waals surface area contributed by atoms with Crippen molar-refractivity contribution in [1.82, 2.24) is 15.1 Å². The van der Waals surface area contributed by atoms with E-state index in [1.807, 2.05) is 18.2 Å². The number of carbonyl (C=O) groups excluding carboxylic acids is 1. The van der Waals surface area contributed by atoms with E-state index in [-0.39, 0.29) is 11.9 Å². The molecule has 5 nitrogen and oxygen atoms in total. The second-order valence-electron chi connectivity index (χ2n) is 6.30. The SMILES string of the molecule is O=C(NCCN1CCOCC1)[C@H](c1ccccc1)N1CCCC1. The maximum absolute atomic E-state index is 12.8. The number of nitrogens with one attached hydrogen (secondary N) is 1. The Hall–Kier alpha value is -1.43. The zero-order valence-electron chi connectivity index (χ0n) is 13.7. The second kappa shape index (κ2) is 8.43. The molecule has 126 valence electrons. The zero-order valence-corrected chi connectivity index (χ0v) is 13.7. The van der Waals surface area contributed by atoms with Crippen molar-refractivity contribution in [2.75, 3.05) is 52.5 Å². The van der Waals surface area contributed by atoms with Crippen LogP contribution in [0.2, 0.25) is 0 Å². The van der Waals surface area contributed by atoms with Crippen LogP contribution >= 0.6 is 0 Å². The Morgan fingerprint density at radius 3 is 2.48 bits per heavy atom. The third-order valence-electron chi connectivity index (χ3n) is 4.70. The molecule has 0 aliphatic carbocycles. The smallest absolute Gasteiger partial charge is 0.242 e. The first kappa shape index (κ1) is 16.4. The summed E-state index contributed by atoms with van der Waals surface area (Å²) < 4.78 is 5.36. The average Bonchev–Trinajstić information content (AvgIpc) is 3.11. The van der Waals surface area contributed by atoms with Gasteiger partial charge in [0.2, 0.25) is 5.91 Å². The van der Waals surface area contributed by atoms with Gasteiger partial charge >= 0.3 is 0 Å². The number of likely N-dealkylation sites (tertiary alicyclic amines) is 1. The maximum atomic E-state index is 12.8. The van der Waals surface area contributed by atoms with E-state index in [1.54, 1.807) is 0 Å². The van der Waals surface area contributed by atoms with Crippen LogP contribution in [0, 0.1) is 0 Å². The van der Waals surface area contributed by atoms with Crippen molar-refractivity contribution >= 4 is 5.91 Å². The van der Waals surface area contributed by atoms with Crippen LogP contribution in [0.15, 0.2) is 30.3 Å². The predicted octanol–water partition coefficient (Wildman–Crippen LogP) is 1.27. The molecule has 0 unspecified atom stereocenters. The van der Waals surface area contributed by atoms with Gasteiger partial charge in [-0.1, -0.05) is 30.3 Å². The summed E-state index contributed by atoms with van der Waals surface area (Å²) in [5.74, 6) is 0.131. The quantitative estimate of drug-likeness (QED) is 0.858. The number of carbonyl (C=O) groups is 1. The van der Waals surface area contributed by atoms with Crippen LogP contribution in [0.3, 0.4) is 0 Å². The minimum absolute atomic E-state index is 0.131. The zero-order chi connectivity index (χ0) is 15.9. The van der Waals surface area contributed by atoms with Gasteiger partial charge in [0.1, 0.15) is 6.04 Å². The lowest BCUT2D eigenvalue weighted by Gasteiger charge is -2.29. The van der Waals surface area contributed by atoms with Crippen molar-refractivity contribution in [2.24, 2.45) is 0 Å². The monoisotopic (exact) mass is 317 g/mol. The van der Waals surface area contributed by atoms with Crippen LogP contribution in [0.4, 0.5) is 0 Å². The van der Waals surface area contributed by atoms with Gasteiger partial charge in [-0.25, -0.2) is 0 Å². The molecule has 1 aromatic rings. The highest BCUT2D eigenvalue weighted by atomic mass is 16.5. The lowest BCUT2D eigenvalue weighted by Crippen LogP contribution is -2.44. The molecule has 1 atom stereocenters. The standard InChI is InChI=1S/C18H27N3O2/c22-18(19-8-11-20-12-14-23-15-13-20)17(21-9-4-5-10-21)16-6-2-1-3-7-16/h1-3,6-7,17H,4-5,8-15H2,(H,19,22)/t17-/m0/s1. The van der Waals surface area contributed by atoms with Crippen LogP contribution in [0.5, 0.6) is 0 Å². The van der Waals surface area contributed by atoms with Gasteiger partial charge in [0.15, 0.2) is 0 Å². The van der Waals surface area contributed by atoms with Crippen LogP contribution in [0.25, 0.3) is 0 Å². The van der Waals surface area contributed by atoms with E-state index >= 15 is 0 Å². The lowest BCUT2D eigenvalue weighted by molar-refractivity contribution is -0.126. The third kappa shape index (κ3) is 4.53. The molecule has 0 aromatic heterocycles. The molecule has 3 rings (SSSR count). The van der Waals surface area contributed by atoms with Crippen molar-refractivity contribution in [1.29, 1.82) is 0 Å². The minimum atomic E-state index is -0.150. The van der Waals surface area contributed by atoms with Crippen LogP contribution in [0.1, 0.15) is 24.4 Å². The van der Waals surface area contributed by atoms with Gasteiger partial charge in [0.05, 0.1) is 13.2 Å². The number of benzene rings is 1. The highest BCUT2D eigenvalue weighted by Gasteiger charge is 2.29. The summed E-state index contributed by atoms with van der Waals surface area (Å²) in [5.41, 5.74) is 1.10.